The Hall–Kier alpha value is -2.96. The average Bonchev–Trinajstić information content (AvgIpc) is 2.74. The summed E-state index contributed by atoms with van der Waals surface area (Å²) >= 11 is 6.17. The quantitative estimate of drug-likeness (QED) is 0.502. The number of carbonyl (C=O) groups excluding carboxylic acids is 2. The Morgan fingerprint density at radius 1 is 1.13 bits per heavy atom. The number of pyridine rings is 1. The van der Waals surface area contributed by atoms with Crippen molar-refractivity contribution in [3.63, 3.8) is 0 Å². The van der Waals surface area contributed by atoms with E-state index in [4.69, 9.17) is 16.3 Å². The molecule has 154 valence electrons. The number of halogens is 1. The molecule has 0 aliphatic carbocycles. The van der Waals surface area contributed by atoms with Crippen LogP contribution in [0.15, 0.2) is 54.7 Å². The summed E-state index contributed by atoms with van der Waals surface area (Å²) in [5.74, 6) is 0.350. The molecule has 0 spiro atoms. The summed E-state index contributed by atoms with van der Waals surface area (Å²) in [6.45, 7) is 3.00. The van der Waals surface area contributed by atoms with Crippen molar-refractivity contribution in [2.24, 2.45) is 0 Å². The van der Waals surface area contributed by atoms with Gasteiger partial charge in [-0.3, -0.25) is 14.5 Å². The zero-order valence-electron chi connectivity index (χ0n) is 16.6. The van der Waals surface area contributed by atoms with Gasteiger partial charge >= 0.3 is 5.97 Å². The molecule has 1 aliphatic rings. The molecule has 1 fully saturated rings. The minimum absolute atomic E-state index is 0.00455. The molecule has 2 aromatic carbocycles. The molecule has 6 nitrogen and oxygen atoms in total. The van der Waals surface area contributed by atoms with Gasteiger partial charge in [-0.1, -0.05) is 17.7 Å². The van der Waals surface area contributed by atoms with Crippen LogP contribution in [-0.2, 0) is 4.79 Å². The second kappa shape index (κ2) is 8.81. The van der Waals surface area contributed by atoms with E-state index in [-0.39, 0.29) is 11.9 Å². The highest BCUT2D eigenvalue weighted by atomic mass is 35.5. The summed E-state index contributed by atoms with van der Waals surface area (Å²) in [6, 6.07) is 14.2. The van der Waals surface area contributed by atoms with Gasteiger partial charge in [0.05, 0.1) is 0 Å². The van der Waals surface area contributed by atoms with E-state index in [0.29, 0.717) is 22.2 Å². The third-order valence-electron chi connectivity index (χ3n) is 5.17. The first-order valence-corrected chi connectivity index (χ1v) is 10.3. The standard InChI is InChI=1S/C23H22ClN3O3/c1-15(28)30-20-4-2-3-17(14-20)23(29)27(19-8-10-25-11-9-19)22-21-6-5-18(24)13-16(21)7-12-26-22/h2-7,12-14,19,25H,8-11H2,1H3. The molecule has 4 rings (SSSR count). The number of aromatic nitrogens is 1. The minimum Gasteiger partial charge on any atom is -0.427 e. The number of piperidine rings is 1. The Bertz CT molecular complexity index is 1100. The summed E-state index contributed by atoms with van der Waals surface area (Å²) in [6.07, 6.45) is 3.34. The summed E-state index contributed by atoms with van der Waals surface area (Å²) in [5, 5.41) is 5.76. The van der Waals surface area contributed by atoms with Gasteiger partial charge in [-0.2, -0.15) is 0 Å². The van der Waals surface area contributed by atoms with Gasteiger partial charge in [-0.15, -0.1) is 0 Å². The second-order valence-corrected chi connectivity index (χ2v) is 7.71. The Balaban J connectivity index is 1.80. The molecule has 1 aromatic heterocycles. The minimum atomic E-state index is -0.428. The Labute approximate surface area is 179 Å². The Morgan fingerprint density at radius 2 is 1.93 bits per heavy atom. The highest BCUT2D eigenvalue weighted by molar-refractivity contribution is 6.31. The molecule has 0 saturated carbocycles. The van der Waals surface area contributed by atoms with Gasteiger partial charge in [-0.25, -0.2) is 4.98 Å². The molecule has 0 radical (unpaired) electrons. The van der Waals surface area contributed by atoms with E-state index in [2.05, 4.69) is 10.3 Å². The van der Waals surface area contributed by atoms with E-state index in [1.165, 1.54) is 6.92 Å². The van der Waals surface area contributed by atoms with Gasteiger partial charge in [0.25, 0.3) is 5.91 Å². The number of benzene rings is 2. The normalized spacial score (nSPS) is 14.5. The summed E-state index contributed by atoms with van der Waals surface area (Å²) in [5.41, 5.74) is 0.444. The van der Waals surface area contributed by atoms with Gasteiger partial charge in [0.1, 0.15) is 11.6 Å². The largest absolute Gasteiger partial charge is 0.427 e. The van der Waals surface area contributed by atoms with E-state index in [9.17, 15) is 9.59 Å². The maximum Gasteiger partial charge on any atom is 0.308 e. The van der Waals surface area contributed by atoms with E-state index >= 15 is 0 Å². The lowest BCUT2D eigenvalue weighted by molar-refractivity contribution is -0.131. The topological polar surface area (TPSA) is 71.5 Å². The van der Waals surface area contributed by atoms with Gasteiger partial charge in [0, 0.05) is 35.1 Å². The van der Waals surface area contributed by atoms with Crippen molar-refractivity contribution in [2.45, 2.75) is 25.8 Å². The second-order valence-electron chi connectivity index (χ2n) is 7.28. The van der Waals surface area contributed by atoms with Gasteiger partial charge in [0.2, 0.25) is 0 Å². The van der Waals surface area contributed by atoms with Crippen molar-refractivity contribution in [1.82, 2.24) is 10.3 Å². The van der Waals surface area contributed by atoms with Crippen molar-refractivity contribution in [1.29, 1.82) is 0 Å². The maximum absolute atomic E-state index is 13.7. The van der Waals surface area contributed by atoms with Crippen LogP contribution in [0.25, 0.3) is 10.8 Å². The number of anilines is 1. The fourth-order valence-corrected chi connectivity index (χ4v) is 4.00. The number of ether oxygens (including phenoxy) is 1. The van der Waals surface area contributed by atoms with Crippen LogP contribution in [0, 0.1) is 0 Å². The highest BCUT2D eigenvalue weighted by Crippen LogP contribution is 2.31. The first-order valence-electron chi connectivity index (χ1n) is 9.90. The van der Waals surface area contributed by atoms with Crippen molar-refractivity contribution >= 4 is 40.1 Å². The lowest BCUT2D eigenvalue weighted by atomic mass is 10.0. The Kier molecular flexibility index (Phi) is 5.97. The number of amides is 1. The van der Waals surface area contributed by atoms with Crippen LogP contribution in [0.4, 0.5) is 5.82 Å². The van der Waals surface area contributed by atoms with E-state index in [1.807, 2.05) is 24.3 Å². The Morgan fingerprint density at radius 3 is 2.70 bits per heavy atom. The van der Waals surface area contributed by atoms with Crippen molar-refractivity contribution in [3.8, 4) is 5.75 Å². The number of carbonyl (C=O) groups is 2. The zero-order chi connectivity index (χ0) is 21.1. The smallest absolute Gasteiger partial charge is 0.308 e. The number of esters is 1. The predicted molar refractivity (Wildman–Crippen MR) is 117 cm³/mol. The molecule has 1 aliphatic heterocycles. The van der Waals surface area contributed by atoms with Gasteiger partial charge in [0.15, 0.2) is 0 Å². The molecule has 1 saturated heterocycles. The van der Waals surface area contributed by atoms with Crippen LogP contribution in [0.2, 0.25) is 5.02 Å². The third kappa shape index (κ3) is 4.30. The van der Waals surface area contributed by atoms with Crippen molar-refractivity contribution < 1.29 is 14.3 Å². The number of hydrogen-bond donors (Lipinski definition) is 1. The number of fused-ring (bicyclic) bond motifs is 1. The average molecular weight is 424 g/mol. The van der Waals surface area contributed by atoms with E-state index < -0.39 is 5.97 Å². The molecule has 0 unspecified atom stereocenters. The molecule has 1 amide bonds. The fraction of sp³-hybridized carbons (Fsp3) is 0.261. The fourth-order valence-electron chi connectivity index (χ4n) is 3.82. The number of nitrogens with zero attached hydrogens (tertiary/aromatic N) is 2. The third-order valence-corrected chi connectivity index (χ3v) is 5.40. The van der Waals surface area contributed by atoms with Crippen LogP contribution in [0.5, 0.6) is 5.75 Å². The number of rotatable bonds is 4. The zero-order valence-corrected chi connectivity index (χ0v) is 17.4. The molecule has 30 heavy (non-hydrogen) atoms. The summed E-state index contributed by atoms with van der Waals surface area (Å²) in [7, 11) is 0. The predicted octanol–water partition coefficient (Wildman–Crippen LogP) is 4.21. The first kappa shape index (κ1) is 20.3. The molecule has 1 N–H and O–H groups in total. The first-order chi connectivity index (χ1) is 14.5. The van der Waals surface area contributed by atoms with Gasteiger partial charge < -0.3 is 10.1 Å². The van der Waals surface area contributed by atoms with Crippen LogP contribution in [0.3, 0.4) is 0 Å². The van der Waals surface area contributed by atoms with Gasteiger partial charge in [-0.05, 0) is 73.8 Å². The number of hydrogen-bond acceptors (Lipinski definition) is 5. The SMILES string of the molecule is CC(=O)Oc1cccc(C(=O)N(c2nccc3cc(Cl)ccc23)C2CCNCC2)c1. The molecule has 7 heteroatoms. The number of nitrogens with one attached hydrogen (secondary N) is 1. The highest BCUT2D eigenvalue weighted by Gasteiger charge is 2.30. The molecular formula is C23H22ClN3O3. The maximum atomic E-state index is 13.7. The van der Waals surface area contributed by atoms with Crippen LogP contribution in [0.1, 0.15) is 30.1 Å². The summed E-state index contributed by atoms with van der Waals surface area (Å²) in [4.78, 5) is 31.4. The lowest BCUT2D eigenvalue weighted by Gasteiger charge is -2.34. The molecular weight excluding hydrogens is 402 g/mol. The van der Waals surface area contributed by atoms with Crippen molar-refractivity contribution in [3.05, 3.63) is 65.3 Å². The molecule has 3 aromatic rings. The van der Waals surface area contributed by atoms with Crippen molar-refractivity contribution in [2.75, 3.05) is 18.0 Å². The molecule has 0 atom stereocenters. The lowest BCUT2D eigenvalue weighted by Crippen LogP contribution is -2.47. The molecule has 2 heterocycles. The van der Waals surface area contributed by atoms with Crippen LogP contribution >= 0.6 is 11.6 Å². The van der Waals surface area contributed by atoms with Crippen LogP contribution in [-0.4, -0.2) is 36.0 Å². The summed E-state index contributed by atoms with van der Waals surface area (Å²) < 4.78 is 5.17. The van der Waals surface area contributed by atoms with E-state index in [0.717, 1.165) is 36.7 Å². The van der Waals surface area contributed by atoms with E-state index in [1.54, 1.807) is 35.4 Å². The van der Waals surface area contributed by atoms with Crippen LogP contribution < -0.4 is 15.0 Å². The molecule has 0 bridgehead atoms. The monoisotopic (exact) mass is 423 g/mol.